The molecule has 1 heterocycles. The Bertz CT molecular complexity index is 337. The lowest BCUT2D eigenvalue weighted by Gasteiger charge is -2.23. The van der Waals surface area contributed by atoms with E-state index in [-0.39, 0.29) is 24.4 Å². The Morgan fingerprint density at radius 1 is 1.15 bits per heavy atom. The highest BCUT2D eigenvalue weighted by molar-refractivity contribution is 8.00. The summed E-state index contributed by atoms with van der Waals surface area (Å²) < 4.78 is 9.60. The van der Waals surface area contributed by atoms with E-state index in [2.05, 4.69) is 5.32 Å². The molecule has 6 nitrogen and oxygen atoms in total. The van der Waals surface area contributed by atoms with E-state index in [0.29, 0.717) is 0 Å². The van der Waals surface area contributed by atoms with E-state index in [1.807, 2.05) is 0 Å². The summed E-state index contributed by atoms with van der Waals surface area (Å²) in [5, 5.41) is 2.23. The third-order valence-electron chi connectivity index (χ3n) is 2.80. The van der Waals surface area contributed by atoms with E-state index in [0.717, 1.165) is 25.0 Å². The van der Waals surface area contributed by atoms with Crippen molar-refractivity contribution in [1.29, 1.82) is 0 Å². The first-order chi connectivity index (χ1) is 9.60. The van der Waals surface area contributed by atoms with Gasteiger partial charge in [0.25, 0.3) is 0 Å². The van der Waals surface area contributed by atoms with Gasteiger partial charge >= 0.3 is 11.9 Å². The number of hydrogen-bond donors (Lipinski definition) is 1. The molecule has 1 saturated heterocycles. The molecule has 114 valence electrons. The van der Waals surface area contributed by atoms with Crippen LogP contribution in [0.25, 0.3) is 0 Å². The van der Waals surface area contributed by atoms with Gasteiger partial charge in [-0.15, -0.1) is 11.8 Å². The van der Waals surface area contributed by atoms with Crippen molar-refractivity contribution in [3.8, 4) is 0 Å². The summed E-state index contributed by atoms with van der Waals surface area (Å²) in [6.45, 7) is 3.56. The quantitative estimate of drug-likeness (QED) is 0.579. The van der Waals surface area contributed by atoms with Gasteiger partial charge in [-0.05, 0) is 32.4 Å². The van der Waals surface area contributed by atoms with Crippen LogP contribution in [0.4, 0.5) is 0 Å². The van der Waals surface area contributed by atoms with Gasteiger partial charge in [0, 0.05) is 0 Å². The van der Waals surface area contributed by atoms with Crippen molar-refractivity contribution >= 4 is 29.6 Å². The van der Waals surface area contributed by atoms with Crippen LogP contribution in [0.3, 0.4) is 0 Å². The first kappa shape index (κ1) is 16.8. The molecule has 1 unspecified atom stereocenters. The molecule has 0 aliphatic carbocycles. The van der Waals surface area contributed by atoms with Crippen molar-refractivity contribution in [3.05, 3.63) is 0 Å². The molecule has 1 amide bonds. The van der Waals surface area contributed by atoms with E-state index in [1.165, 1.54) is 0 Å². The highest BCUT2D eigenvalue weighted by Gasteiger charge is 2.33. The van der Waals surface area contributed by atoms with E-state index in [9.17, 15) is 14.4 Å². The molecule has 0 radical (unpaired) electrons. The lowest BCUT2D eigenvalue weighted by molar-refractivity contribution is -0.159. The molecule has 1 aliphatic rings. The third-order valence-corrected chi connectivity index (χ3v) is 4.18. The molecule has 1 aliphatic heterocycles. The maximum absolute atomic E-state index is 12.1. The number of nitrogens with one attached hydrogen (secondary N) is 1. The predicted molar refractivity (Wildman–Crippen MR) is 75.3 cm³/mol. The zero-order valence-electron chi connectivity index (χ0n) is 11.8. The fourth-order valence-electron chi connectivity index (χ4n) is 1.85. The van der Waals surface area contributed by atoms with Crippen LogP contribution in [0.2, 0.25) is 0 Å². The van der Waals surface area contributed by atoms with E-state index in [4.69, 9.17) is 9.47 Å². The molecule has 1 fully saturated rings. The highest BCUT2D eigenvalue weighted by Crippen LogP contribution is 2.25. The molecule has 1 rings (SSSR count). The number of hydrogen-bond acceptors (Lipinski definition) is 6. The second-order valence-electron chi connectivity index (χ2n) is 4.30. The largest absolute Gasteiger partial charge is 0.464 e. The van der Waals surface area contributed by atoms with Crippen LogP contribution >= 0.6 is 11.8 Å². The Morgan fingerprint density at radius 3 is 2.20 bits per heavy atom. The Labute approximate surface area is 122 Å². The highest BCUT2D eigenvalue weighted by atomic mass is 32.2. The number of esters is 2. The van der Waals surface area contributed by atoms with Crippen molar-refractivity contribution < 1.29 is 23.9 Å². The summed E-state index contributed by atoms with van der Waals surface area (Å²) in [6, 6.07) is -1.37. The smallest absolute Gasteiger partial charge is 0.340 e. The number of thioether (sulfide) groups is 1. The first-order valence-corrected chi connectivity index (χ1v) is 7.90. The van der Waals surface area contributed by atoms with Crippen molar-refractivity contribution in [3.63, 3.8) is 0 Å². The van der Waals surface area contributed by atoms with Gasteiger partial charge in [0.05, 0.1) is 18.5 Å². The molecule has 20 heavy (non-hydrogen) atoms. The fraction of sp³-hybridized carbons (Fsp3) is 0.769. The SMILES string of the molecule is CCOC(=O)C(NC(=O)C1CCCCS1)C(=O)OCC. The van der Waals surface area contributed by atoms with Crippen LogP contribution in [0.1, 0.15) is 33.1 Å². The molecule has 0 aromatic rings. The van der Waals surface area contributed by atoms with Gasteiger partial charge in [0.15, 0.2) is 0 Å². The average Bonchev–Trinajstić information content (AvgIpc) is 2.45. The Balaban J connectivity index is 2.64. The summed E-state index contributed by atoms with van der Waals surface area (Å²) in [7, 11) is 0. The fourth-order valence-corrected chi connectivity index (χ4v) is 3.06. The Morgan fingerprint density at radius 2 is 1.75 bits per heavy atom. The maximum atomic E-state index is 12.1. The predicted octanol–water partition coefficient (Wildman–Crippen LogP) is 0.883. The second kappa shape index (κ2) is 8.84. The van der Waals surface area contributed by atoms with Crippen LogP contribution in [0.15, 0.2) is 0 Å². The van der Waals surface area contributed by atoms with Gasteiger partial charge in [-0.2, -0.15) is 0 Å². The lowest BCUT2D eigenvalue weighted by atomic mass is 10.1. The van der Waals surface area contributed by atoms with Gasteiger partial charge in [-0.3, -0.25) is 4.79 Å². The molecule has 0 aromatic heterocycles. The number of rotatable bonds is 6. The van der Waals surface area contributed by atoms with Crippen molar-refractivity contribution in [2.75, 3.05) is 19.0 Å². The third kappa shape index (κ3) is 5.03. The maximum Gasteiger partial charge on any atom is 0.340 e. The molecule has 1 N–H and O–H groups in total. The number of amides is 1. The zero-order valence-corrected chi connectivity index (χ0v) is 12.7. The van der Waals surface area contributed by atoms with Gasteiger partial charge in [-0.1, -0.05) is 6.42 Å². The van der Waals surface area contributed by atoms with Crippen LogP contribution in [0, 0.1) is 0 Å². The van der Waals surface area contributed by atoms with E-state index < -0.39 is 18.0 Å². The van der Waals surface area contributed by atoms with E-state index >= 15 is 0 Å². The minimum Gasteiger partial charge on any atom is -0.464 e. The minimum absolute atomic E-state index is 0.142. The summed E-state index contributed by atoms with van der Waals surface area (Å²) >= 11 is 1.55. The van der Waals surface area contributed by atoms with Crippen LogP contribution < -0.4 is 5.32 Å². The molecule has 0 spiro atoms. The molecule has 0 saturated carbocycles. The first-order valence-electron chi connectivity index (χ1n) is 6.85. The van der Waals surface area contributed by atoms with Gasteiger partial charge < -0.3 is 14.8 Å². The normalized spacial score (nSPS) is 18.4. The second-order valence-corrected chi connectivity index (χ2v) is 5.61. The average molecular weight is 303 g/mol. The molecule has 1 atom stereocenters. The van der Waals surface area contributed by atoms with Crippen molar-refractivity contribution in [2.45, 2.75) is 44.4 Å². The zero-order chi connectivity index (χ0) is 15.0. The molecule has 0 aromatic carbocycles. The number of ether oxygens (including phenoxy) is 2. The van der Waals surface area contributed by atoms with E-state index in [1.54, 1.807) is 25.6 Å². The lowest BCUT2D eigenvalue weighted by Crippen LogP contribution is -2.51. The molecular weight excluding hydrogens is 282 g/mol. The van der Waals surface area contributed by atoms with Crippen molar-refractivity contribution in [2.24, 2.45) is 0 Å². The molecule has 7 heteroatoms. The summed E-state index contributed by atoms with van der Waals surface area (Å²) in [4.78, 5) is 35.5. The molecule has 0 bridgehead atoms. The van der Waals surface area contributed by atoms with Gasteiger partial charge in [0.1, 0.15) is 0 Å². The summed E-state index contributed by atoms with van der Waals surface area (Å²) in [5.41, 5.74) is 0. The molecular formula is C13H21NO5S. The van der Waals surface area contributed by atoms with Crippen LogP contribution in [-0.2, 0) is 23.9 Å². The van der Waals surface area contributed by atoms with Gasteiger partial charge in [-0.25, -0.2) is 9.59 Å². The Hall–Kier alpha value is -1.24. The minimum atomic E-state index is -1.37. The topological polar surface area (TPSA) is 81.7 Å². The Kier molecular flexibility index (Phi) is 7.43. The van der Waals surface area contributed by atoms with Crippen molar-refractivity contribution in [1.82, 2.24) is 5.32 Å². The standard InChI is InChI=1S/C13H21NO5S/c1-3-18-12(16)10(13(17)19-4-2)14-11(15)9-7-5-6-8-20-9/h9-10H,3-8H2,1-2H3,(H,14,15). The van der Waals surface area contributed by atoms with Crippen LogP contribution in [-0.4, -0.2) is 48.1 Å². The monoisotopic (exact) mass is 303 g/mol. The summed E-state index contributed by atoms with van der Waals surface area (Å²) in [5.74, 6) is -0.942. The van der Waals surface area contributed by atoms with Gasteiger partial charge in [0.2, 0.25) is 11.9 Å². The van der Waals surface area contributed by atoms with Crippen LogP contribution in [0.5, 0.6) is 0 Å². The summed E-state index contributed by atoms with van der Waals surface area (Å²) in [6.07, 6.45) is 2.83. The number of carbonyl (C=O) groups excluding carboxylic acids is 3. The number of carbonyl (C=O) groups is 3.